The van der Waals surface area contributed by atoms with Crippen LogP contribution in [0.5, 0.6) is 5.75 Å². The van der Waals surface area contributed by atoms with Crippen molar-refractivity contribution in [3.63, 3.8) is 0 Å². The number of benzene rings is 1. The summed E-state index contributed by atoms with van der Waals surface area (Å²) < 4.78 is 4.93. The van der Waals surface area contributed by atoms with Crippen molar-refractivity contribution < 1.29 is 9.84 Å². The quantitative estimate of drug-likeness (QED) is 0.716. The normalized spacial score (nSPS) is 9.08. The number of rotatable bonds is 2. The third-order valence-corrected chi connectivity index (χ3v) is 1.53. The van der Waals surface area contributed by atoms with Gasteiger partial charge in [-0.3, -0.25) is 0 Å². The molecule has 0 fully saturated rings. The molecule has 1 aromatic carbocycles. The molecule has 0 saturated heterocycles. The van der Waals surface area contributed by atoms with Gasteiger partial charge in [0, 0.05) is 5.56 Å². The predicted octanol–water partition coefficient (Wildman–Crippen LogP) is 1.45. The maximum absolute atomic E-state index is 8.74. The largest absolute Gasteiger partial charge is 0.495 e. The van der Waals surface area contributed by atoms with Crippen molar-refractivity contribution in [2.24, 2.45) is 0 Å². The first-order chi connectivity index (χ1) is 5.83. The summed E-state index contributed by atoms with van der Waals surface area (Å²) in [5.74, 6) is 0.473. The summed E-state index contributed by atoms with van der Waals surface area (Å²) in [6.07, 6.45) is 0. The van der Waals surface area contributed by atoms with Gasteiger partial charge < -0.3 is 9.84 Å². The number of nitriles is 1. The van der Waals surface area contributed by atoms with Gasteiger partial charge in [-0.25, -0.2) is 0 Å². The van der Waals surface area contributed by atoms with Crippen LogP contribution in [-0.4, -0.2) is 12.2 Å². The molecule has 0 heterocycles. The van der Waals surface area contributed by atoms with Gasteiger partial charge in [0.2, 0.25) is 0 Å². The Labute approximate surface area is 70.8 Å². The first-order valence-electron chi connectivity index (χ1n) is 3.38. The molecular formula is C9H8NO2. The third kappa shape index (κ3) is 1.39. The molecule has 1 aromatic rings. The highest BCUT2D eigenvalue weighted by atomic mass is 16.5. The Hall–Kier alpha value is -1.53. The van der Waals surface area contributed by atoms with Gasteiger partial charge in [0.25, 0.3) is 0 Å². The summed E-state index contributed by atoms with van der Waals surface area (Å²) in [5.41, 5.74) is 0.819. The van der Waals surface area contributed by atoms with E-state index in [4.69, 9.17) is 15.1 Å². The summed E-state index contributed by atoms with van der Waals surface area (Å²) in [7, 11) is 1.48. The minimum atomic E-state index is 0.350. The average Bonchev–Trinajstić information content (AvgIpc) is 2.16. The zero-order valence-electron chi connectivity index (χ0n) is 6.61. The highest BCUT2D eigenvalue weighted by Gasteiger charge is 2.06. The molecule has 0 saturated carbocycles. The summed E-state index contributed by atoms with van der Waals surface area (Å²) in [6.45, 7) is 0.890. The minimum absolute atomic E-state index is 0.350. The van der Waals surface area contributed by atoms with Gasteiger partial charge in [-0.15, -0.1) is 0 Å². The van der Waals surface area contributed by atoms with Crippen LogP contribution in [0.3, 0.4) is 0 Å². The van der Waals surface area contributed by atoms with E-state index in [9.17, 15) is 0 Å². The van der Waals surface area contributed by atoms with Crippen LogP contribution >= 0.6 is 0 Å². The molecule has 0 aromatic heterocycles. The molecule has 61 valence electrons. The molecule has 1 rings (SSSR count). The fraction of sp³-hybridized carbons (Fsp3) is 0.111. The van der Waals surface area contributed by atoms with E-state index in [0.29, 0.717) is 16.9 Å². The summed E-state index contributed by atoms with van der Waals surface area (Å²) in [6, 6.07) is 6.97. The van der Waals surface area contributed by atoms with Crippen LogP contribution in [0.4, 0.5) is 0 Å². The molecule has 3 heteroatoms. The maximum atomic E-state index is 8.74. The Bertz CT molecular complexity index is 293. The van der Waals surface area contributed by atoms with Crippen molar-refractivity contribution in [2.45, 2.75) is 0 Å². The van der Waals surface area contributed by atoms with Gasteiger partial charge in [0.05, 0.1) is 12.7 Å². The number of methoxy groups -OCH3 is 1. The number of hydrogen-bond donors (Lipinski definition) is 1. The monoisotopic (exact) mass is 162 g/mol. The van der Waals surface area contributed by atoms with E-state index in [1.165, 1.54) is 7.11 Å². The van der Waals surface area contributed by atoms with Crippen molar-refractivity contribution in [3.8, 4) is 11.8 Å². The van der Waals surface area contributed by atoms with Gasteiger partial charge in [0.15, 0.2) is 0 Å². The number of hydrogen-bond acceptors (Lipinski definition) is 3. The third-order valence-electron chi connectivity index (χ3n) is 1.53. The van der Waals surface area contributed by atoms with Crippen LogP contribution < -0.4 is 4.74 Å². The first kappa shape index (κ1) is 8.57. The Balaban J connectivity index is 3.25. The fourth-order valence-electron chi connectivity index (χ4n) is 0.945. The summed E-state index contributed by atoms with van der Waals surface area (Å²) in [4.78, 5) is 0. The lowest BCUT2D eigenvalue weighted by Crippen LogP contribution is -1.92. The second kappa shape index (κ2) is 3.74. The van der Waals surface area contributed by atoms with Gasteiger partial charge in [-0.1, -0.05) is 12.1 Å². The molecular weight excluding hydrogens is 154 g/mol. The molecule has 0 amide bonds. The molecule has 1 N–H and O–H groups in total. The van der Waals surface area contributed by atoms with E-state index in [0.717, 1.165) is 6.61 Å². The van der Waals surface area contributed by atoms with Gasteiger partial charge in [-0.05, 0) is 6.07 Å². The molecule has 1 radical (unpaired) electrons. The molecule has 0 unspecified atom stereocenters. The lowest BCUT2D eigenvalue weighted by molar-refractivity contribution is 0.403. The van der Waals surface area contributed by atoms with Crippen molar-refractivity contribution in [1.29, 1.82) is 5.26 Å². The van der Waals surface area contributed by atoms with Crippen LogP contribution in [0.2, 0.25) is 0 Å². The molecule has 0 spiro atoms. The van der Waals surface area contributed by atoms with Gasteiger partial charge in [-0.2, -0.15) is 5.26 Å². The fourth-order valence-corrected chi connectivity index (χ4v) is 0.945. The molecule has 0 bridgehead atoms. The molecule has 0 aliphatic rings. The Kier molecular flexibility index (Phi) is 2.67. The topological polar surface area (TPSA) is 53.2 Å². The second-order valence-corrected chi connectivity index (χ2v) is 2.17. The number of ether oxygens (including phenoxy) is 1. The van der Waals surface area contributed by atoms with Crippen molar-refractivity contribution >= 4 is 0 Å². The van der Waals surface area contributed by atoms with Crippen LogP contribution in [0.15, 0.2) is 18.2 Å². The standard InChI is InChI=1S/C9H8NO2/c1-12-9-4-2-3-7(6-11)8(9)5-10/h2-4,6,11H,1H3. The lowest BCUT2D eigenvalue weighted by atomic mass is 10.1. The second-order valence-electron chi connectivity index (χ2n) is 2.17. The van der Waals surface area contributed by atoms with E-state index < -0.39 is 0 Å². The van der Waals surface area contributed by atoms with E-state index in [1.807, 2.05) is 6.07 Å². The smallest absolute Gasteiger partial charge is 0.137 e. The first-order valence-corrected chi connectivity index (χ1v) is 3.38. The highest BCUT2D eigenvalue weighted by molar-refractivity contribution is 5.50. The van der Waals surface area contributed by atoms with Crippen LogP contribution in [0, 0.1) is 17.9 Å². The van der Waals surface area contributed by atoms with Crippen molar-refractivity contribution in [1.82, 2.24) is 0 Å². The molecule has 0 atom stereocenters. The molecule has 3 nitrogen and oxygen atoms in total. The van der Waals surface area contributed by atoms with E-state index >= 15 is 0 Å². The Morgan fingerprint density at radius 1 is 1.58 bits per heavy atom. The zero-order valence-corrected chi connectivity index (χ0v) is 6.61. The molecule has 0 aliphatic heterocycles. The van der Waals surface area contributed by atoms with Gasteiger partial charge in [0.1, 0.15) is 18.4 Å². The SMILES string of the molecule is COc1cccc([CH]O)c1C#N. The summed E-state index contributed by atoms with van der Waals surface area (Å²) in [5, 5.41) is 17.4. The van der Waals surface area contributed by atoms with Crippen molar-refractivity contribution in [3.05, 3.63) is 35.9 Å². The Morgan fingerprint density at radius 2 is 2.33 bits per heavy atom. The number of aliphatic hydroxyl groups is 1. The van der Waals surface area contributed by atoms with Crippen LogP contribution in [0.25, 0.3) is 0 Å². The van der Waals surface area contributed by atoms with Crippen LogP contribution in [0.1, 0.15) is 11.1 Å². The number of nitrogens with zero attached hydrogens (tertiary/aromatic N) is 1. The molecule has 12 heavy (non-hydrogen) atoms. The predicted molar refractivity (Wildman–Crippen MR) is 43.0 cm³/mol. The minimum Gasteiger partial charge on any atom is -0.495 e. The zero-order chi connectivity index (χ0) is 8.97. The molecule has 0 aliphatic carbocycles. The maximum Gasteiger partial charge on any atom is 0.137 e. The summed E-state index contributed by atoms with van der Waals surface area (Å²) >= 11 is 0. The van der Waals surface area contributed by atoms with E-state index in [-0.39, 0.29) is 0 Å². The average molecular weight is 162 g/mol. The van der Waals surface area contributed by atoms with Gasteiger partial charge >= 0.3 is 0 Å². The van der Waals surface area contributed by atoms with Crippen LogP contribution in [-0.2, 0) is 0 Å². The van der Waals surface area contributed by atoms with Crippen molar-refractivity contribution in [2.75, 3.05) is 7.11 Å². The Morgan fingerprint density at radius 3 is 2.83 bits per heavy atom. The van der Waals surface area contributed by atoms with E-state index in [2.05, 4.69) is 0 Å². The van der Waals surface area contributed by atoms with E-state index in [1.54, 1.807) is 18.2 Å². The lowest BCUT2D eigenvalue weighted by Gasteiger charge is -2.04. The number of aliphatic hydroxyl groups excluding tert-OH is 1. The highest BCUT2D eigenvalue weighted by Crippen LogP contribution is 2.21.